The van der Waals surface area contributed by atoms with Gasteiger partial charge < -0.3 is 15.7 Å². The summed E-state index contributed by atoms with van der Waals surface area (Å²) in [5.41, 5.74) is 0.445. The molecule has 1 aliphatic rings. The highest BCUT2D eigenvalue weighted by molar-refractivity contribution is 6.11. The number of halogens is 3. The highest BCUT2D eigenvalue weighted by Crippen LogP contribution is 2.51. The van der Waals surface area contributed by atoms with Crippen molar-refractivity contribution >= 4 is 28.3 Å². The van der Waals surface area contributed by atoms with Crippen molar-refractivity contribution in [3.05, 3.63) is 76.9 Å². The number of hydrogen-bond donors (Lipinski definition) is 2. The molecule has 0 spiro atoms. The second-order valence-corrected chi connectivity index (χ2v) is 8.57. The van der Waals surface area contributed by atoms with Gasteiger partial charge in [0, 0.05) is 17.7 Å². The van der Waals surface area contributed by atoms with Crippen LogP contribution in [0.1, 0.15) is 59.7 Å². The second kappa shape index (κ2) is 8.76. The molecule has 0 bridgehead atoms. The van der Waals surface area contributed by atoms with E-state index in [9.17, 15) is 27.9 Å². The minimum absolute atomic E-state index is 0.0332. The average Bonchev–Trinajstić information content (AvgIpc) is 3.02. The van der Waals surface area contributed by atoms with Crippen LogP contribution in [-0.4, -0.2) is 23.5 Å². The number of benzene rings is 3. The summed E-state index contributed by atoms with van der Waals surface area (Å²) in [5, 5.41) is 13.3. The molecule has 2 amide bonds. The Balaban J connectivity index is 1.96. The zero-order valence-corrected chi connectivity index (χ0v) is 18.7. The molecule has 5 nitrogen and oxygen atoms in total. The van der Waals surface area contributed by atoms with E-state index < -0.39 is 34.7 Å². The third-order valence-electron chi connectivity index (χ3n) is 6.32. The van der Waals surface area contributed by atoms with Gasteiger partial charge in [-0.25, -0.2) is 0 Å². The third-order valence-corrected chi connectivity index (χ3v) is 6.32. The number of amides is 2. The van der Waals surface area contributed by atoms with Gasteiger partial charge in [-0.2, -0.15) is 13.2 Å². The number of aliphatic hydroxyl groups is 1. The molecule has 3 aromatic rings. The first-order valence-electron chi connectivity index (χ1n) is 11.2. The predicted molar refractivity (Wildman–Crippen MR) is 123 cm³/mol. The Labute approximate surface area is 195 Å². The summed E-state index contributed by atoms with van der Waals surface area (Å²) < 4.78 is 42.6. The van der Waals surface area contributed by atoms with Crippen LogP contribution in [0.5, 0.6) is 0 Å². The fourth-order valence-corrected chi connectivity index (χ4v) is 4.60. The van der Waals surface area contributed by atoms with Crippen molar-refractivity contribution in [3.8, 4) is 0 Å². The minimum atomic E-state index is -4.93. The standard InChI is InChI=1S/C26H25F3N2O3/c1-2-3-4-7-12-31-21-15-18(23(30)32)14-20(26(27,28)29)22(21)25(34,24(31)33)19-11-10-16-8-5-6-9-17(16)13-19/h5-6,8-11,13-15,34H,2-4,7,12H2,1H3,(H2,30,32). The molecule has 34 heavy (non-hydrogen) atoms. The van der Waals surface area contributed by atoms with E-state index in [0.29, 0.717) is 17.9 Å². The summed E-state index contributed by atoms with van der Waals surface area (Å²) in [4.78, 5) is 26.6. The fraction of sp³-hybridized carbons (Fsp3) is 0.308. The van der Waals surface area contributed by atoms with Crippen LogP contribution >= 0.6 is 0 Å². The zero-order valence-electron chi connectivity index (χ0n) is 18.7. The lowest BCUT2D eigenvalue weighted by Crippen LogP contribution is -2.42. The maximum absolute atomic E-state index is 14.2. The van der Waals surface area contributed by atoms with E-state index in [1.54, 1.807) is 18.2 Å². The van der Waals surface area contributed by atoms with E-state index >= 15 is 0 Å². The number of rotatable bonds is 7. The summed E-state index contributed by atoms with van der Waals surface area (Å²) in [6, 6.07) is 13.6. The number of hydrogen-bond acceptors (Lipinski definition) is 3. The fourth-order valence-electron chi connectivity index (χ4n) is 4.60. The number of nitrogens with zero attached hydrogens (tertiary/aromatic N) is 1. The Morgan fingerprint density at radius 2 is 1.74 bits per heavy atom. The van der Waals surface area contributed by atoms with Gasteiger partial charge >= 0.3 is 6.18 Å². The number of carbonyl (C=O) groups excluding carboxylic acids is 2. The predicted octanol–water partition coefficient (Wildman–Crippen LogP) is 5.12. The van der Waals surface area contributed by atoms with E-state index in [4.69, 9.17) is 5.73 Å². The Morgan fingerprint density at radius 3 is 2.38 bits per heavy atom. The molecule has 4 rings (SSSR count). The number of fused-ring (bicyclic) bond motifs is 2. The van der Waals surface area contributed by atoms with Crippen LogP contribution in [0.3, 0.4) is 0 Å². The number of unbranched alkanes of at least 4 members (excludes halogenated alkanes) is 3. The first kappa shape index (κ1) is 23.8. The first-order valence-corrected chi connectivity index (χ1v) is 11.2. The van der Waals surface area contributed by atoms with E-state index in [0.717, 1.165) is 29.5 Å². The lowest BCUT2D eigenvalue weighted by molar-refractivity contribution is -0.142. The molecule has 0 radical (unpaired) electrons. The maximum Gasteiger partial charge on any atom is 0.416 e. The Hall–Kier alpha value is -3.39. The molecular formula is C26H25F3N2O3. The maximum atomic E-state index is 14.2. The molecule has 178 valence electrons. The van der Waals surface area contributed by atoms with Crippen LogP contribution in [0.25, 0.3) is 10.8 Å². The quantitative estimate of drug-likeness (QED) is 0.470. The lowest BCUT2D eigenvalue weighted by Gasteiger charge is -2.26. The van der Waals surface area contributed by atoms with Crippen molar-refractivity contribution in [3.63, 3.8) is 0 Å². The van der Waals surface area contributed by atoms with Crippen LogP contribution in [0.4, 0.5) is 18.9 Å². The molecule has 3 N–H and O–H groups in total. The van der Waals surface area contributed by atoms with Gasteiger partial charge in [-0.15, -0.1) is 0 Å². The Morgan fingerprint density at radius 1 is 1.03 bits per heavy atom. The van der Waals surface area contributed by atoms with Crippen molar-refractivity contribution in [1.82, 2.24) is 0 Å². The van der Waals surface area contributed by atoms with Crippen LogP contribution in [0.2, 0.25) is 0 Å². The normalized spacial score (nSPS) is 17.9. The third kappa shape index (κ3) is 3.92. The van der Waals surface area contributed by atoms with Crippen LogP contribution in [0, 0.1) is 0 Å². The van der Waals surface area contributed by atoms with Gasteiger partial charge in [-0.3, -0.25) is 9.59 Å². The van der Waals surface area contributed by atoms with Crippen molar-refractivity contribution in [2.75, 3.05) is 11.4 Å². The number of anilines is 1. The van der Waals surface area contributed by atoms with Gasteiger partial charge in [0.25, 0.3) is 5.91 Å². The summed E-state index contributed by atoms with van der Waals surface area (Å²) in [5.74, 6) is -1.92. The zero-order chi connectivity index (χ0) is 24.7. The van der Waals surface area contributed by atoms with E-state index in [2.05, 4.69) is 0 Å². The SMILES string of the molecule is CCCCCCN1C(=O)C(O)(c2ccc3ccccc3c2)c2c1cc(C(N)=O)cc2C(F)(F)F. The van der Waals surface area contributed by atoms with Crippen LogP contribution in [0.15, 0.2) is 54.6 Å². The molecule has 1 heterocycles. The molecule has 8 heteroatoms. The number of alkyl halides is 3. The highest BCUT2D eigenvalue weighted by Gasteiger charge is 2.55. The van der Waals surface area contributed by atoms with E-state index in [-0.39, 0.29) is 23.4 Å². The Bertz CT molecular complexity index is 1270. The molecule has 0 saturated heterocycles. The molecule has 0 fully saturated rings. The van der Waals surface area contributed by atoms with Crippen molar-refractivity contribution in [1.29, 1.82) is 0 Å². The van der Waals surface area contributed by atoms with Crippen molar-refractivity contribution in [2.45, 2.75) is 44.4 Å². The minimum Gasteiger partial charge on any atom is -0.372 e. The largest absolute Gasteiger partial charge is 0.416 e. The summed E-state index contributed by atoms with van der Waals surface area (Å²) in [7, 11) is 0. The van der Waals surface area contributed by atoms with Crippen LogP contribution < -0.4 is 10.6 Å². The molecule has 0 saturated carbocycles. The van der Waals surface area contributed by atoms with E-state index in [1.807, 2.05) is 19.1 Å². The van der Waals surface area contributed by atoms with Gasteiger partial charge in [0.05, 0.1) is 11.3 Å². The number of nitrogens with two attached hydrogens (primary N) is 1. The smallest absolute Gasteiger partial charge is 0.372 e. The monoisotopic (exact) mass is 470 g/mol. The molecule has 3 aromatic carbocycles. The average molecular weight is 470 g/mol. The summed E-state index contributed by atoms with van der Waals surface area (Å²) in [6.45, 7) is 2.13. The van der Waals surface area contributed by atoms with Gasteiger partial charge in [-0.05, 0) is 41.0 Å². The van der Waals surface area contributed by atoms with Gasteiger partial charge in [0.15, 0.2) is 5.60 Å². The van der Waals surface area contributed by atoms with Crippen molar-refractivity contribution in [2.24, 2.45) is 5.73 Å². The molecule has 1 atom stereocenters. The highest BCUT2D eigenvalue weighted by atomic mass is 19.4. The molecule has 1 aliphatic heterocycles. The lowest BCUT2D eigenvalue weighted by atomic mass is 9.83. The topological polar surface area (TPSA) is 83.6 Å². The molecule has 1 unspecified atom stereocenters. The van der Waals surface area contributed by atoms with Crippen LogP contribution in [-0.2, 0) is 16.6 Å². The van der Waals surface area contributed by atoms with Gasteiger partial charge in [0.2, 0.25) is 5.91 Å². The molecule has 0 aromatic heterocycles. The summed E-state index contributed by atoms with van der Waals surface area (Å²) >= 11 is 0. The second-order valence-electron chi connectivity index (χ2n) is 8.57. The molecule has 0 aliphatic carbocycles. The van der Waals surface area contributed by atoms with E-state index in [1.165, 1.54) is 18.2 Å². The van der Waals surface area contributed by atoms with Gasteiger partial charge in [0.1, 0.15) is 0 Å². The number of carbonyl (C=O) groups is 2. The Kier molecular flexibility index (Phi) is 6.12. The van der Waals surface area contributed by atoms with Gasteiger partial charge in [-0.1, -0.05) is 62.6 Å². The first-order chi connectivity index (χ1) is 16.1. The number of primary amides is 1. The van der Waals surface area contributed by atoms with Crippen molar-refractivity contribution < 1.29 is 27.9 Å². The summed E-state index contributed by atoms with van der Waals surface area (Å²) in [6.07, 6.45) is -1.78. The molecular weight excluding hydrogens is 445 g/mol.